The highest BCUT2D eigenvalue weighted by Crippen LogP contribution is 2.12. The summed E-state index contributed by atoms with van der Waals surface area (Å²) in [4.78, 5) is 4.05. The van der Waals surface area contributed by atoms with Crippen molar-refractivity contribution in [2.45, 2.75) is 6.42 Å². The van der Waals surface area contributed by atoms with Gasteiger partial charge in [-0.3, -0.25) is 4.98 Å². The first-order chi connectivity index (χ1) is 8.38. The number of aromatic nitrogens is 1. The van der Waals surface area contributed by atoms with Crippen molar-refractivity contribution in [2.75, 3.05) is 19.0 Å². The number of ether oxygens (including phenoxy) is 1. The number of nitrogens with zero attached hydrogens (tertiary/aromatic N) is 1. The molecule has 0 atom stereocenters. The summed E-state index contributed by atoms with van der Waals surface area (Å²) in [5.41, 5.74) is 2.35. The Morgan fingerprint density at radius 3 is 2.65 bits per heavy atom. The van der Waals surface area contributed by atoms with Crippen LogP contribution in [0, 0.1) is 0 Å². The molecule has 2 rings (SSSR count). The van der Waals surface area contributed by atoms with E-state index >= 15 is 0 Å². The second kappa shape index (κ2) is 5.89. The highest BCUT2D eigenvalue weighted by molar-refractivity contribution is 5.39. The fourth-order valence-corrected chi connectivity index (χ4v) is 1.61. The Morgan fingerprint density at radius 2 is 2.00 bits per heavy atom. The van der Waals surface area contributed by atoms with Gasteiger partial charge in [-0.2, -0.15) is 0 Å². The number of benzene rings is 1. The van der Waals surface area contributed by atoms with Crippen LogP contribution in [-0.2, 0) is 6.42 Å². The second-order valence-corrected chi connectivity index (χ2v) is 3.77. The summed E-state index contributed by atoms with van der Waals surface area (Å²) in [6.07, 6.45) is 4.58. The average Bonchev–Trinajstić information content (AvgIpc) is 2.41. The molecule has 0 bridgehead atoms. The molecule has 17 heavy (non-hydrogen) atoms. The summed E-state index contributed by atoms with van der Waals surface area (Å²) in [6.45, 7) is 0.901. The molecule has 0 unspecified atom stereocenters. The van der Waals surface area contributed by atoms with Crippen LogP contribution in [0.2, 0.25) is 0 Å². The number of hydrogen-bond donors (Lipinski definition) is 1. The molecule has 0 spiro atoms. The van der Waals surface area contributed by atoms with E-state index in [-0.39, 0.29) is 0 Å². The van der Waals surface area contributed by atoms with Crippen LogP contribution in [0.15, 0.2) is 48.8 Å². The molecule has 1 aromatic heterocycles. The number of methoxy groups -OCH3 is 1. The van der Waals surface area contributed by atoms with Crippen molar-refractivity contribution in [3.05, 3.63) is 54.4 Å². The molecular formula is C14H16N2O. The van der Waals surface area contributed by atoms with E-state index in [1.807, 2.05) is 30.5 Å². The first-order valence-electron chi connectivity index (χ1n) is 5.65. The number of nitrogens with one attached hydrogen (secondary N) is 1. The van der Waals surface area contributed by atoms with E-state index in [0.29, 0.717) is 0 Å². The van der Waals surface area contributed by atoms with E-state index in [1.165, 1.54) is 5.56 Å². The molecule has 0 aliphatic heterocycles. The van der Waals surface area contributed by atoms with Gasteiger partial charge in [-0.05, 0) is 36.2 Å². The van der Waals surface area contributed by atoms with Crippen LogP contribution < -0.4 is 10.1 Å². The normalized spacial score (nSPS) is 9.94. The van der Waals surface area contributed by atoms with Crippen LogP contribution in [-0.4, -0.2) is 18.6 Å². The van der Waals surface area contributed by atoms with Crippen LogP contribution in [0.25, 0.3) is 0 Å². The van der Waals surface area contributed by atoms with Crippen LogP contribution in [0.5, 0.6) is 5.75 Å². The Kier molecular flexibility index (Phi) is 3.97. The van der Waals surface area contributed by atoms with Crippen LogP contribution in [0.3, 0.4) is 0 Å². The van der Waals surface area contributed by atoms with Crippen LogP contribution in [0.4, 0.5) is 5.69 Å². The SMILES string of the molecule is COc1ccc(CCNc2cccnc2)cc1. The minimum Gasteiger partial charge on any atom is -0.497 e. The molecule has 0 aliphatic rings. The first-order valence-corrected chi connectivity index (χ1v) is 5.65. The highest BCUT2D eigenvalue weighted by Gasteiger charge is 1.95. The fraction of sp³-hybridized carbons (Fsp3) is 0.214. The number of hydrogen-bond acceptors (Lipinski definition) is 3. The molecular weight excluding hydrogens is 212 g/mol. The third-order valence-electron chi connectivity index (χ3n) is 2.56. The maximum Gasteiger partial charge on any atom is 0.118 e. The quantitative estimate of drug-likeness (QED) is 0.854. The lowest BCUT2D eigenvalue weighted by molar-refractivity contribution is 0.414. The van der Waals surface area contributed by atoms with Gasteiger partial charge in [0.05, 0.1) is 12.8 Å². The zero-order valence-electron chi connectivity index (χ0n) is 9.89. The molecule has 88 valence electrons. The van der Waals surface area contributed by atoms with E-state index in [2.05, 4.69) is 22.4 Å². The maximum absolute atomic E-state index is 5.12. The predicted octanol–water partition coefficient (Wildman–Crippen LogP) is 2.74. The van der Waals surface area contributed by atoms with E-state index in [0.717, 1.165) is 24.4 Å². The van der Waals surface area contributed by atoms with Gasteiger partial charge in [-0.25, -0.2) is 0 Å². The van der Waals surface area contributed by atoms with Gasteiger partial charge in [0.25, 0.3) is 0 Å². The minimum atomic E-state index is 0.897. The van der Waals surface area contributed by atoms with Crippen molar-refractivity contribution in [3.8, 4) is 5.75 Å². The summed E-state index contributed by atoms with van der Waals surface area (Å²) in [5.74, 6) is 0.897. The molecule has 1 heterocycles. The van der Waals surface area contributed by atoms with Crippen LogP contribution >= 0.6 is 0 Å². The summed E-state index contributed by atoms with van der Waals surface area (Å²) in [6, 6.07) is 12.1. The zero-order chi connectivity index (χ0) is 11.9. The molecule has 0 amide bonds. The third kappa shape index (κ3) is 3.48. The minimum absolute atomic E-state index is 0.897. The number of rotatable bonds is 5. The number of anilines is 1. The van der Waals surface area contributed by atoms with Gasteiger partial charge in [-0.1, -0.05) is 12.1 Å². The Bertz CT molecular complexity index is 440. The topological polar surface area (TPSA) is 34.1 Å². The lowest BCUT2D eigenvalue weighted by atomic mass is 10.1. The van der Waals surface area contributed by atoms with Crippen molar-refractivity contribution in [1.82, 2.24) is 4.98 Å². The van der Waals surface area contributed by atoms with Crippen molar-refractivity contribution in [3.63, 3.8) is 0 Å². The molecule has 1 N–H and O–H groups in total. The smallest absolute Gasteiger partial charge is 0.118 e. The van der Waals surface area contributed by atoms with E-state index in [4.69, 9.17) is 4.74 Å². The fourth-order valence-electron chi connectivity index (χ4n) is 1.61. The monoisotopic (exact) mass is 228 g/mol. The Hall–Kier alpha value is -2.03. The van der Waals surface area contributed by atoms with Crippen LogP contribution in [0.1, 0.15) is 5.56 Å². The number of pyridine rings is 1. The van der Waals surface area contributed by atoms with Gasteiger partial charge in [0, 0.05) is 18.9 Å². The molecule has 0 aliphatic carbocycles. The summed E-state index contributed by atoms with van der Waals surface area (Å²) >= 11 is 0. The lowest BCUT2D eigenvalue weighted by Crippen LogP contribution is -2.04. The predicted molar refractivity (Wildman–Crippen MR) is 69.4 cm³/mol. The van der Waals surface area contributed by atoms with E-state index in [1.54, 1.807) is 13.3 Å². The van der Waals surface area contributed by atoms with Gasteiger partial charge in [-0.15, -0.1) is 0 Å². The average molecular weight is 228 g/mol. The molecule has 0 saturated carbocycles. The molecule has 0 radical (unpaired) electrons. The van der Waals surface area contributed by atoms with Gasteiger partial charge in [0.1, 0.15) is 5.75 Å². The second-order valence-electron chi connectivity index (χ2n) is 3.77. The standard InChI is InChI=1S/C14H16N2O/c1-17-14-6-4-12(5-7-14)8-10-16-13-3-2-9-15-11-13/h2-7,9,11,16H,8,10H2,1H3. The molecule has 2 aromatic rings. The Balaban J connectivity index is 1.82. The summed E-state index contributed by atoms with van der Waals surface area (Å²) < 4.78 is 5.12. The zero-order valence-corrected chi connectivity index (χ0v) is 9.89. The molecule has 0 fully saturated rings. The van der Waals surface area contributed by atoms with Crippen molar-refractivity contribution >= 4 is 5.69 Å². The Morgan fingerprint density at radius 1 is 1.18 bits per heavy atom. The summed E-state index contributed by atoms with van der Waals surface area (Å²) in [5, 5.41) is 3.33. The van der Waals surface area contributed by atoms with Crippen molar-refractivity contribution in [1.29, 1.82) is 0 Å². The highest BCUT2D eigenvalue weighted by atomic mass is 16.5. The maximum atomic E-state index is 5.12. The van der Waals surface area contributed by atoms with Crippen molar-refractivity contribution < 1.29 is 4.74 Å². The summed E-state index contributed by atoms with van der Waals surface area (Å²) in [7, 11) is 1.68. The molecule has 0 saturated heterocycles. The van der Waals surface area contributed by atoms with Gasteiger partial charge >= 0.3 is 0 Å². The third-order valence-corrected chi connectivity index (χ3v) is 2.56. The molecule has 1 aromatic carbocycles. The van der Waals surface area contributed by atoms with Gasteiger partial charge in [0.15, 0.2) is 0 Å². The largest absolute Gasteiger partial charge is 0.497 e. The first kappa shape index (κ1) is 11.5. The van der Waals surface area contributed by atoms with E-state index in [9.17, 15) is 0 Å². The van der Waals surface area contributed by atoms with E-state index < -0.39 is 0 Å². The molecule has 3 nitrogen and oxygen atoms in total. The Labute approximate surface area is 101 Å². The van der Waals surface area contributed by atoms with Gasteiger partial charge in [0.2, 0.25) is 0 Å². The molecule has 3 heteroatoms. The van der Waals surface area contributed by atoms with Crippen molar-refractivity contribution in [2.24, 2.45) is 0 Å². The van der Waals surface area contributed by atoms with Gasteiger partial charge < -0.3 is 10.1 Å². The lowest BCUT2D eigenvalue weighted by Gasteiger charge is -2.06.